The molecule has 49 heavy (non-hydrogen) atoms. The molecular weight excluding hydrogens is 635 g/mol. The number of hydrogen-bond acceptors (Lipinski definition) is 8. The number of aromatic nitrogens is 4. The smallest absolute Gasteiger partial charge is 0.259 e. The lowest BCUT2D eigenvalue weighted by Crippen LogP contribution is -2.59. The highest BCUT2D eigenvalue weighted by atomic mass is 32.1. The van der Waals surface area contributed by atoms with E-state index < -0.39 is 0 Å². The second kappa shape index (κ2) is 11.9. The number of fused-ring (bicyclic) bond motifs is 4. The minimum Gasteiger partial charge on any atom is -0.381 e. The maximum Gasteiger partial charge on any atom is 0.259 e. The van der Waals surface area contributed by atoms with Crippen LogP contribution in [0.15, 0.2) is 91.4 Å². The Morgan fingerprint density at radius 1 is 0.959 bits per heavy atom. The summed E-state index contributed by atoms with van der Waals surface area (Å²) in [6.45, 7) is 3.91. The predicted molar refractivity (Wildman–Crippen MR) is 191 cm³/mol. The molecule has 3 aliphatic rings. The molecule has 0 aliphatic carbocycles. The highest BCUT2D eigenvalue weighted by molar-refractivity contribution is 7.19. The molecule has 11 heteroatoms. The largest absolute Gasteiger partial charge is 0.381 e. The van der Waals surface area contributed by atoms with Gasteiger partial charge in [0.2, 0.25) is 0 Å². The molecule has 0 atom stereocenters. The van der Waals surface area contributed by atoms with E-state index in [9.17, 15) is 9.59 Å². The molecular formula is C38H33N7O3S. The fourth-order valence-electron chi connectivity index (χ4n) is 7.31. The molecule has 2 saturated heterocycles. The Labute approximate surface area is 286 Å². The van der Waals surface area contributed by atoms with E-state index in [1.165, 1.54) is 5.56 Å². The molecule has 2 N–H and O–H groups in total. The fourth-order valence-corrected chi connectivity index (χ4v) is 8.50. The van der Waals surface area contributed by atoms with Crippen LogP contribution in [0.3, 0.4) is 0 Å². The van der Waals surface area contributed by atoms with E-state index in [-0.39, 0.29) is 17.2 Å². The summed E-state index contributed by atoms with van der Waals surface area (Å²) in [5.74, 6) is 1.22. The molecule has 0 bridgehead atoms. The van der Waals surface area contributed by atoms with Crippen LogP contribution in [0.4, 0.5) is 17.2 Å². The highest BCUT2D eigenvalue weighted by Gasteiger charge is 2.45. The zero-order chi connectivity index (χ0) is 33.0. The first-order valence-corrected chi connectivity index (χ1v) is 17.4. The van der Waals surface area contributed by atoms with E-state index in [0.717, 1.165) is 77.0 Å². The molecule has 6 aromatic rings. The maximum absolute atomic E-state index is 14.0. The van der Waals surface area contributed by atoms with Crippen molar-refractivity contribution in [3.63, 3.8) is 0 Å². The Morgan fingerprint density at radius 2 is 1.80 bits per heavy atom. The molecule has 1 spiro atoms. The average Bonchev–Trinajstić information content (AvgIpc) is 3.73. The summed E-state index contributed by atoms with van der Waals surface area (Å²) in [6.07, 6.45) is 8.06. The van der Waals surface area contributed by atoms with Crippen LogP contribution < -0.4 is 15.1 Å². The molecule has 2 amide bonds. The first-order chi connectivity index (χ1) is 24.0. The second-order valence-corrected chi connectivity index (χ2v) is 14.1. The number of amides is 2. The Hall–Kier alpha value is -5.39. The predicted octanol–water partition coefficient (Wildman–Crippen LogP) is 6.82. The summed E-state index contributed by atoms with van der Waals surface area (Å²) in [5.41, 5.74) is 6.86. The quantitative estimate of drug-likeness (QED) is 0.207. The number of aromatic amines is 1. The van der Waals surface area contributed by atoms with Gasteiger partial charge < -0.3 is 24.8 Å². The van der Waals surface area contributed by atoms with Gasteiger partial charge in [-0.2, -0.15) is 0 Å². The number of nitrogens with one attached hydrogen (secondary N) is 2. The van der Waals surface area contributed by atoms with Crippen molar-refractivity contribution in [3.05, 3.63) is 108 Å². The third-order valence-electron chi connectivity index (χ3n) is 9.94. The Kier molecular flexibility index (Phi) is 7.24. The van der Waals surface area contributed by atoms with E-state index in [2.05, 4.69) is 37.3 Å². The molecule has 0 saturated carbocycles. The normalized spacial score (nSPS) is 16.5. The number of ether oxygens (including phenoxy) is 1. The van der Waals surface area contributed by atoms with Crippen LogP contribution in [0.5, 0.6) is 0 Å². The van der Waals surface area contributed by atoms with Gasteiger partial charge in [0.25, 0.3) is 11.8 Å². The number of rotatable bonds is 5. The van der Waals surface area contributed by atoms with Crippen molar-refractivity contribution in [2.75, 3.05) is 48.0 Å². The van der Waals surface area contributed by atoms with Crippen LogP contribution in [0, 0.1) is 5.41 Å². The molecule has 0 radical (unpaired) electrons. The van der Waals surface area contributed by atoms with Gasteiger partial charge in [0, 0.05) is 72.3 Å². The maximum atomic E-state index is 14.0. The number of H-pyrrole nitrogens is 1. The van der Waals surface area contributed by atoms with Crippen molar-refractivity contribution in [2.24, 2.45) is 5.41 Å². The first-order valence-electron chi connectivity index (χ1n) is 16.6. The third kappa shape index (κ3) is 5.35. The lowest BCUT2D eigenvalue weighted by molar-refractivity contribution is -0.000509. The molecule has 3 aliphatic heterocycles. The molecule has 2 fully saturated rings. The third-order valence-corrected chi connectivity index (χ3v) is 11.2. The topological polar surface area (TPSA) is 116 Å². The summed E-state index contributed by atoms with van der Waals surface area (Å²) in [6, 6.07) is 22.9. The Bertz CT molecular complexity index is 2180. The molecule has 244 valence electrons. The summed E-state index contributed by atoms with van der Waals surface area (Å²) in [5, 5.41) is 3.02. The van der Waals surface area contributed by atoms with Gasteiger partial charge in [-0.3, -0.25) is 14.6 Å². The van der Waals surface area contributed by atoms with Crippen LogP contribution in [-0.2, 0) is 11.2 Å². The van der Waals surface area contributed by atoms with Crippen molar-refractivity contribution in [3.8, 4) is 21.1 Å². The van der Waals surface area contributed by atoms with E-state index in [4.69, 9.17) is 9.72 Å². The van der Waals surface area contributed by atoms with Crippen molar-refractivity contribution in [1.82, 2.24) is 19.9 Å². The number of carbonyl (C=O) groups excluding carboxylic acids is 2. The van der Waals surface area contributed by atoms with Gasteiger partial charge in [-0.05, 0) is 79.4 Å². The molecule has 4 aromatic heterocycles. The standard InChI is InChI=1S/C38H33N7O3S/c46-36(28-5-3-15-40-35(28)44-22-38(23-44)13-18-48-19-14-38)41-26-9-7-24(8-10-26)37(47)45-17-12-25-20-32(34-42-29-11-16-39-21-30(29)43-34)49-33(25)27-4-1-2-6-31(27)45/h1-11,15-16,20-21H,12-14,17-19,22-23H2,(H,41,46)(H,42,43). The summed E-state index contributed by atoms with van der Waals surface area (Å²) in [7, 11) is 0. The summed E-state index contributed by atoms with van der Waals surface area (Å²) in [4.78, 5) is 50.7. The molecule has 0 unspecified atom stereocenters. The van der Waals surface area contributed by atoms with Gasteiger partial charge >= 0.3 is 0 Å². The molecule has 9 rings (SSSR count). The van der Waals surface area contributed by atoms with Crippen molar-refractivity contribution in [2.45, 2.75) is 19.3 Å². The van der Waals surface area contributed by atoms with Crippen molar-refractivity contribution in [1.29, 1.82) is 0 Å². The first kappa shape index (κ1) is 29.7. The number of pyridine rings is 2. The van der Waals surface area contributed by atoms with E-state index in [1.807, 2.05) is 35.2 Å². The van der Waals surface area contributed by atoms with Gasteiger partial charge in [-0.15, -0.1) is 11.3 Å². The van der Waals surface area contributed by atoms with E-state index >= 15 is 0 Å². The van der Waals surface area contributed by atoms with Gasteiger partial charge in [-0.25, -0.2) is 9.97 Å². The zero-order valence-corrected chi connectivity index (χ0v) is 27.5. The number of thiophene rings is 1. The fraction of sp³-hybridized carbons (Fsp3) is 0.237. The van der Waals surface area contributed by atoms with Crippen LogP contribution in [0.25, 0.3) is 32.2 Å². The summed E-state index contributed by atoms with van der Waals surface area (Å²) < 4.78 is 5.56. The minimum absolute atomic E-state index is 0.0835. The van der Waals surface area contributed by atoms with Gasteiger partial charge in [-0.1, -0.05) is 18.2 Å². The number of imidazole rings is 1. The Balaban J connectivity index is 0.920. The molecule has 2 aromatic carbocycles. The van der Waals surface area contributed by atoms with Crippen LogP contribution in [0.2, 0.25) is 0 Å². The lowest BCUT2D eigenvalue weighted by Gasteiger charge is -2.53. The number of carbonyl (C=O) groups is 2. The Morgan fingerprint density at radius 3 is 2.63 bits per heavy atom. The van der Waals surface area contributed by atoms with Gasteiger partial charge in [0.1, 0.15) is 17.2 Å². The van der Waals surface area contributed by atoms with Crippen molar-refractivity contribution >= 4 is 51.4 Å². The second-order valence-electron chi connectivity index (χ2n) is 13.0. The van der Waals surface area contributed by atoms with Gasteiger partial charge in [0.15, 0.2) is 0 Å². The van der Waals surface area contributed by atoms with Crippen LogP contribution in [0.1, 0.15) is 39.1 Å². The number of benzene rings is 2. The van der Waals surface area contributed by atoms with Crippen molar-refractivity contribution < 1.29 is 14.3 Å². The van der Waals surface area contributed by atoms with Gasteiger partial charge in [0.05, 0.1) is 27.8 Å². The lowest BCUT2D eigenvalue weighted by atomic mass is 9.73. The average molecular weight is 668 g/mol. The van der Waals surface area contributed by atoms with E-state index in [1.54, 1.807) is 60.3 Å². The molecule has 10 nitrogen and oxygen atoms in total. The number of nitrogens with zero attached hydrogens (tertiary/aromatic N) is 5. The molecule has 7 heterocycles. The highest BCUT2D eigenvalue weighted by Crippen LogP contribution is 2.45. The van der Waals surface area contributed by atoms with Crippen LogP contribution in [-0.4, -0.2) is 64.6 Å². The SMILES string of the molecule is O=C(Nc1ccc(C(=O)N2CCc3cc(-c4nc5cnccc5[nH]4)sc3-c3ccccc32)cc1)c1cccnc1N1CC2(CCOCC2)C1. The van der Waals surface area contributed by atoms with E-state index in [0.29, 0.717) is 35.6 Å². The number of anilines is 3. The minimum atomic E-state index is -0.221. The number of hydrogen-bond donors (Lipinski definition) is 2. The monoisotopic (exact) mass is 667 g/mol. The summed E-state index contributed by atoms with van der Waals surface area (Å²) >= 11 is 1.68. The number of para-hydroxylation sites is 1. The van der Waals surface area contributed by atoms with Crippen LogP contribution >= 0.6 is 11.3 Å². The zero-order valence-electron chi connectivity index (χ0n) is 26.7.